The van der Waals surface area contributed by atoms with Crippen molar-refractivity contribution in [2.45, 2.75) is 13.5 Å². The largest absolute Gasteiger partial charge is 0.325 e. The summed E-state index contributed by atoms with van der Waals surface area (Å²) in [6, 6.07) is 17.9. The minimum Gasteiger partial charge on any atom is -0.325 e. The van der Waals surface area contributed by atoms with Crippen LogP contribution in [0, 0.1) is 12.7 Å². The molecule has 0 aromatic heterocycles. The van der Waals surface area contributed by atoms with E-state index in [-0.39, 0.29) is 49.8 Å². The molecule has 0 unspecified atom stereocenters. The van der Waals surface area contributed by atoms with Crippen molar-refractivity contribution in [2.75, 3.05) is 24.7 Å². The second-order valence-corrected chi connectivity index (χ2v) is 9.56. The molecule has 4 rings (SSSR count). The Morgan fingerprint density at radius 1 is 1.09 bits per heavy atom. The minimum atomic E-state index is -0.387. The second kappa shape index (κ2) is 10.6. The molecule has 3 aromatic carbocycles. The van der Waals surface area contributed by atoms with Crippen LogP contribution in [0.15, 0.2) is 71.2 Å². The number of benzene rings is 3. The molecule has 180 valence electrons. The highest BCUT2D eigenvalue weighted by atomic mass is 79.9. The summed E-state index contributed by atoms with van der Waals surface area (Å²) in [5.41, 5.74) is 2.48. The van der Waals surface area contributed by atoms with Gasteiger partial charge in [-0.1, -0.05) is 51.8 Å². The van der Waals surface area contributed by atoms with Gasteiger partial charge in [-0.15, -0.1) is 0 Å². The summed E-state index contributed by atoms with van der Waals surface area (Å²) < 4.78 is 14.1. The van der Waals surface area contributed by atoms with Crippen LogP contribution in [0.2, 0.25) is 5.02 Å². The Hall–Kier alpha value is -3.23. The van der Waals surface area contributed by atoms with Gasteiger partial charge in [0.15, 0.2) is 0 Å². The molecule has 1 fully saturated rings. The molecule has 0 N–H and O–H groups in total. The molecule has 35 heavy (non-hydrogen) atoms. The number of rotatable bonds is 6. The van der Waals surface area contributed by atoms with E-state index in [4.69, 9.17) is 11.6 Å². The number of carbonyl (C=O) groups is 3. The topological polar surface area (TPSA) is 60.9 Å². The number of amides is 3. The van der Waals surface area contributed by atoms with Crippen LogP contribution in [0.5, 0.6) is 0 Å². The third-order valence-corrected chi connectivity index (χ3v) is 6.70. The standard InChI is InChI=1S/C26H22BrClFN3O3/c1-17-22(28)6-3-7-23(17)32-16-31(15-25(32)34)24(33)14-30(13-18-8-10-21(29)11-9-18)26(35)19-4-2-5-20(27)12-19/h2-12H,13-16H2,1H3. The lowest BCUT2D eigenvalue weighted by Crippen LogP contribution is -2.42. The Labute approximate surface area is 216 Å². The van der Waals surface area contributed by atoms with Gasteiger partial charge in [0.25, 0.3) is 5.91 Å². The number of carbonyl (C=O) groups excluding carboxylic acids is 3. The van der Waals surface area contributed by atoms with E-state index in [9.17, 15) is 18.8 Å². The zero-order chi connectivity index (χ0) is 25.1. The van der Waals surface area contributed by atoms with Crippen LogP contribution < -0.4 is 4.90 Å². The quantitative estimate of drug-likeness (QED) is 0.427. The van der Waals surface area contributed by atoms with Gasteiger partial charge < -0.3 is 9.80 Å². The fraction of sp³-hybridized carbons (Fsp3) is 0.192. The van der Waals surface area contributed by atoms with Crippen molar-refractivity contribution in [1.29, 1.82) is 0 Å². The van der Waals surface area contributed by atoms with Crippen LogP contribution in [-0.2, 0) is 16.1 Å². The highest BCUT2D eigenvalue weighted by Crippen LogP contribution is 2.29. The maximum Gasteiger partial charge on any atom is 0.254 e. The molecule has 0 atom stereocenters. The monoisotopic (exact) mass is 557 g/mol. The molecule has 1 heterocycles. The molecule has 0 aliphatic carbocycles. The average Bonchev–Trinajstić information content (AvgIpc) is 3.22. The van der Waals surface area contributed by atoms with E-state index in [0.29, 0.717) is 21.8 Å². The van der Waals surface area contributed by atoms with Crippen molar-refractivity contribution < 1.29 is 18.8 Å². The third kappa shape index (κ3) is 5.71. The molecule has 0 saturated carbocycles. The number of nitrogens with zero attached hydrogens (tertiary/aromatic N) is 3. The molecular formula is C26H22BrClFN3O3. The first-order valence-corrected chi connectivity index (χ1v) is 12.0. The summed E-state index contributed by atoms with van der Waals surface area (Å²) in [7, 11) is 0. The van der Waals surface area contributed by atoms with Crippen molar-refractivity contribution in [3.8, 4) is 0 Å². The van der Waals surface area contributed by atoms with Crippen molar-refractivity contribution in [1.82, 2.24) is 9.80 Å². The van der Waals surface area contributed by atoms with Crippen LogP contribution in [0.1, 0.15) is 21.5 Å². The first kappa shape index (κ1) is 24.9. The zero-order valence-electron chi connectivity index (χ0n) is 18.9. The van der Waals surface area contributed by atoms with Gasteiger partial charge in [0.1, 0.15) is 25.6 Å². The lowest BCUT2D eigenvalue weighted by atomic mass is 10.1. The lowest BCUT2D eigenvalue weighted by Gasteiger charge is -2.26. The first-order valence-electron chi connectivity index (χ1n) is 10.9. The van der Waals surface area contributed by atoms with Gasteiger partial charge in [-0.25, -0.2) is 4.39 Å². The van der Waals surface area contributed by atoms with E-state index in [0.717, 1.165) is 10.0 Å². The van der Waals surface area contributed by atoms with E-state index >= 15 is 0 Å². The van der Waals surface area contributed by atoms with E-state index in [1.54, 1.807) is 54.6 Å². The predicted octanol–water partition coefficient (Wildman–Crippen LogP) is 5.03. The highest BCUT2D eigenvalue weighted by Gasteiger charge is 2.34. The molecule has 6 nitrogen and oxygen atoms in total. The number of halogens is 3. The fourth-order valence-corrected chi connectivity index (χ4v) is 4.46. The smallest absolute Gasteiger partial charge is 0.254 e. The summed E-state index contributed by atoms with van der Waals surface area (Å²) in [6.45, 7) is 1.65. The molecule has 9 heteroatoms. The van der Waals surface area contributed by atoms with E-state index < -0.39 is 0 Å². The molecule has 3 aromatic rings. The second-order valence-electron chi connectivity index (χ2n) is 8.24. The molecule has 1 aliphatic heterocycles. The number of anilines is 1. The van der Waals surface area contributed by atoms with Crippen LogP contribution in [0.25, 0.3) is 0 Å². The summed E-state index contributed by atoms with van der Waals surface area (Å²) in [5, 5.41) is 0.533. The predicted molar refractivity (Wildman–Crippen MR) is 136 cm³/mol. The molecule has 1 aliphatic rings. The summed E-state index contributed by atoms with van der Waals surface area (Å²) in [6.07, 6.45) is 0. The molecular weight excluding hydrogens is 537 g/mol. The van der Waals surface area contributed by atoms with Crippen LogP contribution in [0.4, 0.5) is 10.1 Å². The van der Waals surface area contributed by atoms with Gasteiger partial charge >= 0.3 is 0 Å². The van der Waals surface area contributed by atoms with Crippen LogP contribution >= 0.6 is 27.5 Å². The van der Waals surface area contributed by atoms with Gasteiger partial charge in [-0.3, -0.25) is 19.3 Å². The molecule has 0 bridgehead atoms. The molecule has 3 amide bonds. The number of hydrogen-bond donors (Lipinski definition) is 0. The van der Waals surface area contributed by atoms with Crippen molar-refractivity contribution in [2.24, 2.45) is 0 Å². The molecule has 1 saturated heterocycles. The van der Waals surface area contributed by atoms with Gasteiger partial charge in [-0.2, -0.15) is 0 Å². The SMILES string of the molecule is Cc1c(Cl)cccc1N1CN(C(=O)CN(Cc2ccc(F)cc2)C(=O)c2cccc(Br)c2)CC1=O. The first-order chi connectivity index (χ1) is 16.7. The third-order valence-electron chi connectivity index (χ3n) is 5.79. The Morgan fingerprint density at radius 3 is 2.51 bits per heavy atom. The van der Waals surface area contributed by atoms with Crippen LogP contribution in [-0.4, -0.2) is 47.3 Å². The average molecular weight is 559 g/mol. The molecule has 0 spiro atoms. The Bertz CT molecular complexity index is 1290. The van der Waals surface area contributed by atoms with Gasteiger partial charge in [0, 0.05) is 27.3 Å². The van der Waals surface area contributed by atoms with Gasteiger partial charge in [0.05, 0.1) is 0 Å². The lowest BCUT2D eigenvalue weighted by molar-refractivity contribution is -0.132. The maximum absolute atomic E-state index is 13.4. The van der Waals surface area contributed by atoms with Crippen molar-refractivity contribution >= 4 is 50.9 Å². The van der Waals surface area contributed by atoms with E-state index in [1.807, 2.05) is 6.92 Å². The Morgan fingerprint density at radius 2 is 1.80 bits per heavy atom. The summed E-state index contributed by atoms with van der Waals surface area (Å²) in [5.74, 6) is -1.34. The minimum absolute atomic E-state index is 0.0638. The van der Waals surface area contributed by atoms with E-state index in [2.05, 4.69) is 15.9 Å². The van der Waals surface area contributed by atoms with Gasteiger partial charge in [0.2, 0.25) is 11.8 Å². The van der Waals surface area contributed by atoms with Crippen LogP contribution in [0.3, 0.4) is 0 Å². The highest BCUT2D eigenvalue weighted by molar-refractivity contribution is 9.10. The van der Waals surface area contributed by atoms with E-state index in [1.165, 1.54) is 26.8 Å². The summed E-state index contributed by atoms with van der Waals surface area (Å²) in [4.78, 5) is 43.6. The zero-order valence-corrected chi connectivity index (χ0v) is 21.2. The molecule has 0 radical (unpaired) electrons. The normalized spacial score (nSPS) is 13.3. The Balaban J connectivity index is 1.54. The fourth-order valence-electron chi connectivity index (χ4n) is 3.89. The Kier molecular flexibility index (Phi) is 7.52. The maximum atomic E-state index is 13.4. The number of hydrogen-bond acceptors (Lipinski definition) is 3. The summed E-state index contributed by atoms with van der Waals surface area (Å²) >= 11 is 9.57. The van der Waals surface area contributed by atoms with Gasteiger partial charge in [-0.05, 0) is 60.5 Å². The van der Waals surface area contributed by atoms with Crippen molar-refractivity contribution in [3.05, 3.63) is 98.7 Å². The van der Waals surface area contributed by atoms with Crippen molar-refractivity contribution in [3.63, 3.8) is 0 Å².